The van der Waals surface area contributed by atoms with Gasteiger partial charge in [0.15, 0.2) is 0 Å². The van der Waals surface area contributed by atoms with E-state index in [1.165, 1.54) is 0 Å². The van der Waals surface area contributed by atoms with Crippen molar-refractivity contribution >= 4 is 27.6 Å². The molecule has 0 radical (unpaired) electrons. The van der Waals surface area contributed by atoms with E-state index in [4.69, 9.17) is 4.98 Å². The second kappa shape index (κ2) is 4.95. The van der Waals surface area contributed by atoms with E-state index < -0.39 is 0 Å². The summed E-state index contributed by atoms with van der Waals surface area (Å²) in [6.07, 6.45) is 6.05. The van der Waals surface area contributed by atoms with Crippen LogP contribution >= 0.6 is 0 Å². The molecular weight excluding hydrogens is 284 g/mol. The minimum atomic E-state index is 0.107. The van der Waals surface area contributed by atoms with Crippen LogP contribution in [0.3, 0.4) is 0 Å². The molecule has 0 unspecified atom stereocenters. The number of aromatic nitrogens is 2. The van der Waals surface area contributed by atoms with Gasteiger partial charge in [0.05, 0.1) is 17.7 Å². The van der Waals surface area contributed by atoms with Crippen LogP contribution in [0, 0.1) is 0 Å². The molecule has 0 aliphatic carbocycles. The van der Waals surface area contributed by atoms with E-state index in [-0.39, 0.29) is 5.54 Å². The molecule has 4 rings (SSSR count). The molecular formula is C19H20N4. The van der Waals surface area contributed by atoms with Gasteiger partial charge in [0, 0.05) is 34.9 Å². The summed E-state index contributed by atoms with van der Waals surface area (Å²) >= 11 is 0. The highest BCUT2D eigenvalue weighted by Gasteiger charge is 2.24. The highest BCUT2D eigenvalue weighted by molar-refractivity contribution is 6.03. The van der Waals surface area contributed by atoms with E-state index in [1.54, 1.807) is 0 Å². The average molecular weight is 304 g/mol. The number of nitrogens with zero attached hydrogens (tertiary/aromatic N) is 4. The summed E-state index contributed by atoms with van der Waals surface area (Å²) in [6, 6.07) is 12.4. The first-order valence-electron chi connectivity index (χ1n) is 7.89. The molecule has 2 aromatic heterocycles. The lowest BCUT2D eigenvalue weighted by atomic mass is 10.1. The van der Waals surface area contributed by atoms with Crippen LogP contribution in [-0.2, 0) is 0 Å². The predicted octanol–water partition coefficient (Wildman–Crippen LogP) is 4.13. The molecule has 0 fully saturated rings. The van der Waals surface area contributed by atoms with Gasteiger partial charge in [0.2, 0.25) is 0 Å². The largest absolute Gasteiger partial charge is 0.353 e. The summed E-state index contributed by atoms with van der Waals surface area (Å²) in [5.74, 6) is 0.957. The van der Waals surface area contributed by atoms with E-state index in [2.05, 4.69) is 78.3 Å². The van der Waals surface area contributed by atoms with Gasteiger partial charge in [-0.15, -0.1) is 0 Å². The van der Waals surface area contributed by atoms with E-state index in [1.807, 2.05) is 12.3 Å². The predicted molar refractivity (Wildman–Crippen MR) is 95.1 cm³/mol. The summed E-state index contributed by atoms with van der Waals surface area (Å²) in [5.41, 5.74) is 2.03. The van der Waals surface area contributed by atoms with Crippen molar-refractivity contribution in [2.45, 2.75) is 26.3 Å². The first-order valence-corrected chi connectivity index (χ1v) is 7.89. The third-order valence-electron chi connectivity index (χ3n) is 4.30. The zero-order chi connectivity index (χ0) is 16.0. The maximum atomic E-state index is 4.89. The lowest BCUT2D eigenvalue weighted by Gasteiger charge is -2.33. The normalized spacial score (nSPS) is 15.1. The first kappa shape index (κ1) is 14.0. The Balaban J connectivity index is 1.78. The van der Waals surface area contributed by atoms with Gasteiger partial charge < -0.3 is 9.80 Å². The molecule has 0 bridgehead atoms. The van der Waals surface area contributed by atoms with E-state index in [9.17, 15) is 0 Å². The van der Waals surface area contributed by atoms with Crippen LogP contribution in [0.2, 0.25) is 0 Å². The van der Waals surface area contributed by atoms with Crippen LogP contribution in [0.4, 0.5) is 5.82 Å². The fourth-order valence-electron chi connectivity index (χ4n) is 2.88. The van der Waals surface area contributed by atoms with Crippen molar-refractivity contribution in [3.63, 3.8) is 0 Å². The second-order valence-electron chi connectivity index (χ2n) is 6.93. The Kier molecular flexibility index (Phi) is 3.01. The molecule has 0 amide bonds. The number of pyridine rings is 2. The zero-order valence-electron chi connectivity index (χ0n) is 13.7. The molecule has 116 valence electrons. The Bertz CT molecular complexity index is 908. The van der Waals surface area contributed by atoms with Gasteiger partial charge >= 0.3 is 0 Å². The molecule has 0 spiro atoms. The Morgan fingerprint density at radius 1 is 0.913 bits per heavy atom. The summed E-state index contributed by atoms with van der Waals surface area (Å²) in [4.78, 5) is 13.9. The summed E-state index contributed by atoms with van der Waals surface area (Å²) in [5, 5.41) is 2.24. The second-order valence-corrected chi connectivity index (χ2v) is 6.93. The van der Waals surface area contributed by atoms with Crippen molar-refractivity contribution in [1.29, 1.82) is 0 Å². The van der Waals surface area contributed by atoms with Crippen molar-refractivity contribution in [1.82, 2.24) is 14.9 Å². The number of fused-ring (bicyclic) bond motifs is 3. The molecule has 0 saturated carbocycles. The minimum Gasteiger partial charge on any atom is -0.353 e. The van der Waals surface area contributed by atoms with Gasteiger partial charge in [-0.1, -0.05) is 18.2 Å². The molecule has 4 nitrogen and oxygen atoms in total. The molecule has 0 atom stereocenters. The van der Waals surface area contributed by atoms with Gasteiger partial charge in [-0.2, -0.15) is 0 Å². The lowest BCUT2D eigenvalue weighted by molar-refractivity contribution is 0.222. The Labute approximate surface area is 136 Å². The van der Waals surface area contributed by atoms with Crippen molar-refractivity contribution < 1.29 is 0 Å². The van der Waals surface area contributed by atoms with Crippen molar-refractivity contribution in [3.05, 3.63) is 55.0 Å². The SMILES string of the molecule is CC(C)(C)N1C=CN(c2ccc3ccc4cccnc4c3n2)C1. The highest BCUT2D eigenvalue weighted by Crippen LogP contribution is 2.27. The molecule has 23 heavy (non-hydrogen) atoms. The third-order valence-corrected chi connectivity index (χ3v) is 4.30. The zero-order valence-corrected chi connectivity index (χ0v) is 13.7. The van der Waals surface area contributed by atoms with Crippen LogP contribution < -0.4 is 4.90 Å². The fourth-order valence-corrected chi connectivity index (χ4v) is 2.88. The van der Waals surface area contributed by atoms with Crippen molar-refractivity contribution in [2.24, 2.45) is 0 Å². The minimum absolute atomic E-state index is 0.107. The van der Waals surface area contributed by atoms with E-state index in [0.29, 0.717) is 0 Å². The van der Waals surface area contributed by atoms with E-state index in [0.717, 1.165) is 34.3 Å². The van der Waals surface area contributed by atoms with Crippen molar-refractivity contribution in [2.75, 3.05) is 11.6 Å². The molecule has 4 heteroatoms. The van der Waals surface area contributed by atoms with E-state index >= 15 is 0 Å². The van der Waals surface area contributed by atoms with Crippen molar-refractivity contribution in [3.8, 4) is 0 Å². The first-order chi connectivity index (χ1) is 11.0. The van der Waals surface area contributed by atoms with Crippen LogP contribution in [0.1, 0.15) is 20.8 Å². The number of anilines is 1. The average Bonchev–Trinajstić information content (AvgIpc) is 3.04. The van der Waals surface area contributed by atoms with Crippen LogP contribution in [0.25, 0.3) is 21.8 Å². The molecule has 3 heterocycles. The van der Waals surface area contributed by atoms with Gasteiger partial charge in [-0.25, -0.2) is 4.98 Å². The monoisotopic (exact) mass is 304 g/mol. The smallest absolute Gasteiger partial charge is 0.134 e. The Hall–Kier alpha value is -2.62. The lowest BCUT2D eigenvalue weighted by Crippen LogP contribution is -2.39. The summed E-state index contributed by atoms with van der Waals surface area (Å²) < 4.78 is 0. The fraction of sp³-hybridized carbons (Fsp3) is 0.263. The van der Waals surface area contributed by atoms with Gasteiger partial charge in [-0.05, 0) is 39.0 Å². The van der Waals surface area contributed by atoms with Crippen LogP contribution in [0.5, 0.6) is 0 Å². The van der Waals surface area contributed by atoms with Crippen LogP contribution in [0.15, 0.2) is 55.0 Å². The molecule has 1 aromatic carbocycles. The van der Waals surface area contributed by atoms with Gasteiger partial charge in [-0.3, -0.25) is 4.98 Å². The number of hydrogen-bond donors (Lipinski definition) is 0. The summed E-state index contributed by atoms with van der Waals surface area (Å²) in [6.45, 7) is 7.46. The maximum absolute atomic E-state index is 4.89. The number of benzene rings is 1. The Morgan fingerprint density at radius 2 is 1.65 bits per heavy atom. The highest BCUT2D eigenvalue weighted by atomic mass is 15.4. The number of rotatable bonds is 1. The van der Waals surface area contributed by atoms with Gasteiger partial charge in [0.1, 0.15) is 5.82 Å². The quantitative estimate of drug-likeness (QED) is 0.633. The van der Waals surface area contributed by atoms with Crippen LogP contribution in [-0.4, -0.2) is 27.1 Å². The standard InChI is InChI=1S/C19H20N4/c1-19(2,3)23-12-11-22(13-23)16-9-8-15-7-6-14-5-4-10-20-17(14)18(15)21-16/h4-12H,13H2,1-3H3. The molecule has 1 aliphatic heterocycles. The molecule has 1 aliphatic rings. The molecule has 3 aromatic rings. The topological polar surface area (TPSA) is 32.3 Å². The maximum Gasteiger partial charge on any atom is 0.134 e. The third kappa shape index (κ3) is 2.40. The van der Waals surface area contributed by atoms with Gasteiger partial charge in [0.25, 0.3) is 0 Å². The number of hydrogen-bond acceptors (Lipinski definition) is 4. The molecule has 0 N–H and O–H groups in total. The molecule has 0 saturated heterocycles. The Morgan fingerprint density at radius 3 is 2.39 bits per heavy atom. The summed E-state index contributed by atoms with van der Waals surface area (Å²) in [7, 11) is 0.